The molecule has 0 aliphatic heterocycles. The third-order valence-electron chi connectivity index (χ3n) is 2.85. The Morgan fingerprint density at radius 2 is 2.14 bits per heavy atom. The highest BCUT2D eigenvalue weighted by Crippen LogP contribution is 2.35. The number of nitrogens with one attached hydrogen (secondary N) is 1. The summed E-state index contributed by atoms with van der Waals surface area (Å²) in [4.78, 5) is 12.6. The molecule has 0 fully saturated rings. The van der Waals surface area contributed by atoms with E-state index in [-0.39, 0.29) is 10.8 Å². The normalized spacial score (nSPS) is 12.6. The molecule has 0 amide bonds. The zero-order chi connectivity index (χ0) is 16.3. The first-order valence-corrected chi connectivity index (χ1v) is 7.12. The Balaban J connectivity index is 2.60. The summed E-state index contributed by atoms with van der Waals surface area (Å²) >= 11 is 1.04. The molecule has 3 N–H and O–H groups in total. The Hall–Kier alpha value is -2.16. The van der Waals surface area contributed by atoms with Crippen molar-refractivity contribution in [1.29, 1.82) is 0 Å². The zero-order valence-electron chi connectivity index (χ0n) is 11.5. The standard InChI is InChI=1S/C13H13F3N4OS/c1-2-8(7-17)22-12-19-18-11(21)20(12)10-6-4-3-5-9(10)13(14,15)16/h3-7H,2,17H2,1H3,(H,18,21)/b8-7-. The highest BCUT2D eigenvalue weighted by Gasteiger charge is 2.34. The highest BCUT2D eigenvalue weighted by atomic mass is 32.2. The van der Waals surface area contributed by atoms with Crippen LogP contribution in [-0.4, -0.2) is 14.8 Å². The summed E-state index contributed by atoms with van der Waals surface area (Å²) in [7, 11) is 0. The predicted octanol–water partition coefficient (Wildman–Crippen LogP) is 2.88. The van der Waals surface area contributed by atoms with Gasteiger partial charge >= 0.3 is 11.9 Å². The van der Waals surface area contributed by atoms with Crippen LogP contribution in [0.2, 0.25) is 0 Å². The van der Waals surface area contributed by atoms with Gasteiger partial charge in [-0.15, -0.1) is 5.10 Å². The summed E-state index contributed by atoms with van der Waals surface area (Å²) in [6.45, 7) is 1.84. The number of hydrogen-bond acceptors (Lipinski definition) is 4. The molecule has 0 aliphatic rings. The summed E-state index contributed by atoms with van der Waals surface area (Å²) in [5.74, 6) is 0. The molecule has 0 unspecified atom stereocenters. The number of halogens is 3. The summed E-state index contributed by atoms with van der Waals surface area (Å²) in [5, 5.41) is 6.04. The number of aromatic nitrogens is 3. The SMILES string of the molecule is CC/C(=C/N)Sc1n[nH]c(=O)n1-c1ccccc1C(F)(F)F. The van der Waals surface area contributed by atoms with Gasteiger partial charge in [-0.05, 0) is 18.6 Å². The Labute approximate surface area is 128 Å². The fourth-order valence-electron chi connectivity index (χ4n) is 1.81. The molecular formula is C13H13F3N4OS. The van der Waals surface area contributed by atoms with E-state index in [1.165, 1.54) is 24.4 Å². The number of allylic oxidation sites excluding steroid dienone is 1. The van der Waals surface area contributed by atoms with Gasteiger partial charge < -0.3 is 5.73 Å². The monoisotopic (exact) mass is 330 g/mol. The van der Waals surface area contributed by atoms with Gasteiger partial charge in [0.2, 0.25) is 5.16 Å². The van der Waals surface area contributed by atoms with Gasteiger partial charge in [0.15, 0.2) is 0 Å². The maximum Gasteiger partial charge on any atom is 0.418 e. The van der Waals surface area contributed by atoms with Gasteiger partial charge in [0.25, 0.3) is 0 Å². The van der Waals surface area contributed by atoms with Crippen LogP contribution in [0.4, 0.5) is 13.2 Å². The average Bonchev–Trinajstić information content (AvgIpc) is 2.84. The highest BCUT2D eigenvalue weighted by molar-refractivity contribution is 8.02. The largest absolute Gasteiger partial charge is 0.418 e. The molecule has 0 bridgehead atoms. The number of alkyl halides is 3. The van der Waals surface area contributed by atoms with Crippen molar-refractivity contribution in [2.75, 3.05) is 0 Å². The molecule has 1 heterocycles. The van der Waals surface area contributed by atoms with Crippen molar-refractivity contribution >= 4 is 11.8 Å². The minimum absolute atomic E-state index is 0.0975. The fraction of sp³-hybridized carbons (Fsp3) is 0.231. The van der Waals surface area contributed by atoms with E-state index in [0.29, 0.717) is 11.3 Å². The van der Waals surface area contributed by atoms with Crippen LogP contribution in [0.15, 0.2) is 45.3 Å². The smallest absolute Gasteiger partial charge is 0.404 e. The van der Waals surface area contributed by atoms with Crippen LogP contribution in [0.3, 0.4) is 0 Å². The van der Waals surface area contributed by atoms with E-state index in [2.05, 4.69) is 10.2 Å². The van der Waals surface area contributed by atoms with E-state index in [1.54, 1.807) is 0 Å². The van der Waals surface area contributed by atoms with E-state index in [4.69, 9.17) is 5.73 Å². The third-order valence-corrected chi connectivity index (χ3v) is 3.99. The molecule has 0 spiro atoms. The Bertz CT molecular complexity index is 748. The molecule has 0 saturated heterocycles. The first kappa shape index (κ1) is 16.2. The molecule has 0 saturated carbocycles. The van der Waals surface area contributed by atoms with Gasteiger partial charge in [-0.2, -0.15) is 13.2 Å². The van der Waals surface area contributed by atoms with Crippen molar-refractivity contribution in [3.8, 4) is 5.69 Å². The van der Waals surface area contributed by atoms with Crippen LogP contribution in [0.5, 0.6) is 0 Å². The number of thioether (sulfide) groups is 1. The van der Waals surface area contributed by atoms with Crippen LogP contribution < -0.4 is 11.4 Å². The third kappa shape index (κ3) is 3.19. The van der Waals surface area contributed by atoms with Crippen LogP contribution >= 0.6 is 11.8 Å². The minimum atomic E-state index is -4.58. The number of rotatable bonds is 4. The molecule has 9 heteroatoms. The quantitative estimate of drug-likeness (QED) is 0.845. The number of para-hydroxylation sites is 1. The minimum Gasteiger partial charge on any atom is -0.404 e. The van der Waals surface area contributed by atoms with E-state index < -0.39 is 17.4 Å². The lowest BCUT2D eigenvalue weighted by Crippen LogP contribution is -2.20. The van der Waals surface area contributed by atoms with Crippen molar-refractivity contribution in [3.05, 3.63) is 51.4 Å². The molecule has 0 aliphatic carbocycles. The van der Waals surface area contributed by atoms with E-state index >= 15 is 0 Å². The summed E-state index contributed by atoms with van der Waals surface area (Å²) < 4.78 is 40.2. The maximum absolute atomic E-state index is 13.1. The maximum atomic E-state index is 13.1. The molecule has 0 radical (unpaired) electrons. The molecule has 2 aromatic rings. The molecule has 118 valence electrons. The second-order valence-corrected chi connectivity index (χ2v) is 5.34. The van der Waals surface area contributed by atoms with Crippen molar-refractivity contribution in [1.82, 2.24) is 14.8 Å². The summed E-state index contributed by atoms with van der Waals surface area (Å²) in [6, 6.07) is 4.84. The number of benzene rings is 1. The average molecular weight is 330 g/mol. The van der Waals surface area contributed by atoms with Gasteiger partial charge in [-0.3, -0.25) is 0 Å². The lowest BCUT2D eigenvalue weighted by Gasteiger charge is -2.13. The van der Waals surface area contributed by atoms with E-state index in [1.807, 2.05) is 6.92 Å². The second kappa shape index (κ2) is 6.30. The van der Waals surface area contributed by atoms with Crippen LogP contribution in [-0.2, 0) is 6.18 Å². The van der Waals surface area contributed by atoms with Crippen molar-refractivity contribution in [2.45, 2.75) is 24.7 Å². The first-order chi connectivity index (χ1) is 10.4. The van der Waals surface area contributed by atoms with Crippen molar-refractivity contribution in [3.63, 3.8) is 0 Å². The number of nitrogens with zero attached hydrogens (tertiary/aromatic N) is 2. The first-order valence-electron chi connectivity index (χ1n) is 6.31. The topological polar surface area (TPSA) is 76.7 Å². The number of aromatic amines is 1. The van der Waals surface area contributed by atoms with Gasteiger partial charge in [0.05, 0.1) is 11.3 Å². The van der Waals surface area contributed by atoms with Gasteiger partial charge in [0.1, 0.15) is 0 Å². The second-order valence-electron chi connectivity index (χ2n) is 4.25. The van der Waals surface area contributed by atoms with Crippen LogP contribution in [0, 0.1) is 0 Å². The fourth-order valence-corrected chi connectivity index (χ4v) is 2.62. The molecule has 5 nitrogen and oxygen atoms in total. The Kier molecular flexibility index (Phi) is 4.65. The molecule has 0 atom stereocenters. The summed E-state index contributed by atoms with van der Waals surface area (Å²) in [6.07, 6.45) is -2.67. The number of H-pyrrole nitrogens is 1. The molecule has 22 heavy (non-hydrogen) atoms. The van der Waals surface area contributed by atoms with Crippen molar-refractivity contribution in [2.24, 2.45) is 5.73 Å². The van der Waals surface area contributed by atoms with Gasteiger partial charge in [-0.25, -0.2) is 14.5 Å². The zero-order valence-corrected chi connectivity index (χ0v) is 12.3. The Morgan fingerprint density at radius 3 is 2.73 bits per heavy atom. The Morgan fingerprint density at radius 1 is 1.45 bits per heavy atom. The molecule has 2 rings (SSSR count). The van der Waals surface area contributed by atoms with Gasteiger partial charge in [-0.1, -0.05) is 30.8 Å². The van der Waals surface area contributed by atoms with Crippen LogP contribution in [0.1, 0.15) is 18.9 Å². The van der Waals surface area contributed by atoms with E-state index in [0.717, 1.165) is 22.4 Å². The molecule has 1 aromatic heterocycles. The summed E-state index contributed by atoms with van der Waals surface area (Å²) in [5.41, 5.74) is 3.51. The van der Waals surface area contributed by atoms with Gasteiger partial charge in [0, 0.05) is 11.1 Å². The molecule has 1 aromatic carbocycles. The predicted molar refractivity (Wildman–Crippen MR) is 77.6 cm³/mol. The number of hydrogen-bond donors (Lipinski definition) is 2. The lowest BCUT2D eigenvalue weighted by atomic mass is 10.1. The molecular weight excluding hydrogens is 317 g/mol. The number of nitrogens with two attached hydrogens (primary N) is 1. The van der Waals surface area contributed by atoms with E-state index in [9.17, 15) is 18.0 Å². The van der Waals surface area contributed by atoms with Crippen molar-refractivity contribution < 1.29 is 13.2 Å². The van der Waals surface area contributed by atoms with Crippen LogP contribution in [0.25, 0.3) is 5.69 Å². The lowest BCUT2D eigenvalue weighted by molar-refractivity contribution is -0.137.